The van der Waals surface area contributed by atoms with Gasteiger partial charge < -0.3 is 10.6 Å². The van der Waals surface area contributed by atoms with Crippen LogP contribution in [0.5, 0.6) is 0 Å². The van der Waals surface area contributed by atoms with Gasteiger partial charge in [-0.15, -0.1) is 0 Å². The van der Waals surface area contributed by atoms with Gasteiger partial charge in [0, 0.05) is 11.3 Å². The minimum atomic E-state index is -0.317. The van der Waals surface area contributed by atoms with Gasteiger partial charge in [0.2, 0.25) is 0 Å². The van der Waals surface area contributed by atoms with Crippen LogP contribution in [-0.4, -0.2) is 10.9 Å². The maximum atomic E-state index is 13.2. The summed E-state index contributed by atoms with van der Waals surface area (Å²) in [4.78, 5) is 16.5. The van der Waals surface area contributed by atoms with Crippen molar-refractivity contribution < 1.29 is 9.18 Å². The molecular formula is C20H18FN3O. The van der Waals surface area contributed by atoms with Gasteiger partial charge >= 0.3 is 0 Å². The highest BCUT2D eigenvalue weighted by molar-refractivity contribution is 6.04. The summed E-state index contributed by atoms with van der Waals surface area (Å²) in [5.74, 6) is 0.0628. The number of aryl methyl sites for hydroxylation is 2. The molecule has 2 aromatic carbocycles. The molecule has 0 saturated heterocycles. The molecule has 25 heavy (non-hydrogen) atoms. The van der Waals surface area contributed by atoms with Crippen molar-refractivity contribution in [2.24, 2.45) is 0 Å². The third-order valence-corrected chi connectivity index (χ3v) is 3.89. The van der Waals surface area contributed by atoms with E-state index < -0.39 is 0 Å². The number of hydrogen-bond donors (Lipinski definition) is 2. The standard InChI is InChI=1S/C20H18FN3O/c1-13-6-7-15(10-14(13)2)20(25)24-18-8-9-19(22-12-18)23-17-5-3-4-16(21)11-17/h3-12H,1-2H3,(H,22,23)(H,24,25). The summed E-state index contributed by atoms with van der Waals surface area (Å²) >= 11 is 0. The number of nitrogens with zero attached hydrogens (tertiary/aromatic N) is 1. The molecule has 5 heteroatoms. The minimum Gasteiger partial charge on any atom is -0.340 e. The quantitative estimate of drug-likeness (QED) is 0.718. The van der Waals surface area contributed by atoms with Crippen molar-refractivity contribution in [3.8, 4) is 0 Å². The van der Waals surface area contributed by atoms with E-state index in [4.69, 9.17) is 0 Å². The number of nitrogens with one attached hydrogen (secondary N) is 2. The number of rotatable bonds is 4. The highest BCUT2D eigenvalue weighted by atomic mass is 19.1. The minimum absolute atomic E-state index is 0.185. The number of aromatic nitrogens is 1. The molecule has 0 saturated carbocycles. The molecule has 0 aliphatic heterocycles. The number of hydrogen-bond acceptors (Lipinski definition) is 3. The van der Waals surface area contributed by atoms with Crippen molar-refractivity contribution in [2.75, 3.05) is 10.6 Å². The maximum Gasteiger partial charge on any atom is 0.255 e. The number of pyridine rings is 1. The molecular weight excluding hydrogens is 317 g/mol. The van der Waals surface area contributed by atoms with Crippen LogP contribution in [0.1, 0.15) is 21.5 Å². The molecule has 3 rings (SSSR count). The molecule has 0 bridgehead atoms. The van der Waals surface area contributed by atoms with Crippen LogP contribution in [0.15, 0.2) is 60.8 Å². The van der Waals surface area contributed by atoms with E-state index in [2.05, 4.69) is 15.6 Å². The number of benzene rings is 2. The molecule has 0 atom stereocenters. The van der Waals surface area contributed by atoms with Crippen molar-refractivity contribution in [1.82, 2.24) is 4.98 Å². The van der Waals surface area contributed by atoms with Crippen molar-refractivity contribution in [2.45, 2.75) is 13.8 Å². The molecule has 0 aliphatic carbocycles. The van der Waals surface area contributed by atoms with Crippen LogP contribution in [-0.2, 0) is 0 Å². The Morgan fingerprint density at radius 1 is 0.960 bits per heavy atom. The fourth-order valence-electron chi connectivity index (χ4n) is 2.34. The van der Waals surface area contributed by atoms with Gasteiger partial charge in [-0.25, -0.2) is 9.37 Å². The molecule has 0 aliphatic rings. The van der Waals surface area contributed by atoms with E-state index in [9.17, 15) is 9.18 Å². The highest BCUT2D eigenvalue weighted by Gasteiger charge is 2.07. The van der Waals surface area contributed by atoms with Crippen molar-refractivity contribution >= 4 is 23.1 Å². The zero-order valence-electron chi connectivity index (χ0n) is 14.0. The summed E-state index contributed by atoms with van der Waals surface area (Å²) in [5.41, 5.74) is 4.02. The Kier molecular flexibility index (Phi) is 4.75. The Morgan fingerprint density at radius 3 is 2.48 bits per heavy atom. The normalized spacial score (nSPS) is 10.4. The first-order chi connectivity index (χ1) is 12.0. The van der Waals surface area contributed by atoms with Crippen LogP contribution < -0.4 is 10.6 Å². The lowest BCUT2D eigenvalue weighted by Gasteiger charge is -2.09. The van der Waals surface area contributed by atoms with Gasteiger partial charge in [-0.3, -0.25) is 4.79 Å². The lowest BCUT2D eigenvalue weighted by atomic mass is 10.1. The molecule has 3 aromatic rings. The zero-order chi connectivity index (χ0) is 17.8. The lowest BCUT2D eigenvalue weighted by Crippen LogP contribution is -2.12. The maximum absolute atomic E-state index is 13.2. The third kappa shape index (κ3) is 4.20. The molecule has 0 unspecified atom stereocenters. The molecule has 2 N–H and O–H groups in total. The van der Waals surface area contributed by atoms with E-state index in [0.717, 1.165) is 11.1 Å². The van der Waals surface area contributed by atoms with E-state index in [1.807, 2.05) is 26.0 Å². The van der Waals surface area contributed by atoms with E-state index in [1.165, 1.54) is 12.1 Å². The van der Waals surface area contributed by atoms with E-state index in [0.29, 0.717) is 22.8 Å². The smallest absolute Gasteiger partial charge is 0.255 e. The summed E-state index contributed by atoms with van der Waals surface area (Å²) in [6.07, 6.45) is 1.56. The van der Waals surface area contributed by atoms with Gasteiger partial charge in [0.25, 0.3) is 5.91 Å². The second-order valence-corrected chi connectivity index (χ2v) is 5.82. The molecule has 0 radical (unpaired) electrons. The predicted octanol–water partition coefficient (Wildman–Crippen LogP) is 4.83. The number of amides is 1. The van der Waals surface area contributed by atoms with Crippen molar-refractivity contribution in [1.29, 1.82) is 0 Å². The summed E-state index contributed by atoms with van der Waals surface area (Å²) < 4.78 is 13.2. The van der Waals surface area contributed by atoms with Gasteiger partial charge in [-0.2, -0.15) is 0 Å². The van der Waals surface area contributed by atoms with E-state index in [1.54, 1.807) is 36.5 Å². The monoisotopic (exact) mass is 335 g/mol. The molecule has 4 nitrogen and oxygen atoms in total. The summed E-state index contributed by atoms with van der Waals surface area (Å²) in [7, 11) is 0. The molecule has 1 amide bonds. The third-order valence-electron chi connectivity index (χ3n) is 3.89. The van der Waals surface area contributed by atoms with Crippen LogP contribution in [0.3, 0.4) is 0 Å². The molecule has 126 valence electrons. The highest BCUT2D eigenvalue weighted by Crippen LogP contribution is 2.18. The Bertz CT molecular complexity index is 907. The Hall–Kier alpha value is -3.21. The van der Waals surface area contributed by atoms with Crippen LogP contribution >= 0.6 is 0 Å². The van der Waals surface area contributed by atoms with Gasteiger partial charge in [0.05, 0.1) is 11.9 Å². The Balaban J connectivity index is 1.67. The largest absolute Gasteiger partial charge is 0.340 e. The summed E-state index contributed by atoms with van der Waals surface area (Å²) in [6, 6.07) is 15.2. The average Bonchev–Trinajstić information content (AvgIpc) is 2.59. The van der Waals surface area contributed by atoms with Crippen molar-refractivity contribution in [3.05, 3.63) is 83.3 Å². The molecule has 1 aromatic heterocycles. The SMILES string of the molecule is Cc1ccc(C(=O)Nc2ccc(Nc3cccc(F)c3)nc2)cc1C. The summed E-state index contributed by atoms with van der Waals surface area (Å²) in [6.45, 7) is 3.98. The van der Waals surface area contributed by atoms with Crippen LogP contribution in [0, 0.1) is 19.7 Å². The number of anilines is 3. The number of halogens is 1. The van der Waals surface area contributed by atoms with Crippen LogP contribution in [0.2, 0.25) is 0 Å². The molecule has 1 heterocycles. The van der Waals surface area contributed by atoms with E-state index in [-0.39, 0.29) is 11.7 Å². The molecule has 0 spiro atoms. The van der Waals surface area contributed by atoms with E-state index >= 15 is 0 Å². The first kappa shape index (κ1) is 16.6. The van der Waals surface area contributed by atoms with Gasteiger partial charge in [-0.05, 0) is 67.4 Å². The van der Waals surface area contributed by atoms with Gasteiger partial charge in [0.1, 0.15) is 11.6 Å². The second-order valence-electron chi connectivity index (χ2n) is 5.82. The first-order valence-corrected chi connectivity index (χ1v) is 7.88. The zero-order valence-corrected chi connectivity index (χ0v) is 14.0. The lowest BCUT2D eigenvalue weighted by molar-refractivity contribution is 0.102. The molecule has 0 fully saturated rings. The average molecular weight is 335 g/mol. The van der Waals surface area contributed by atoms with Gasteiger partial charge in [-0.1, -0.05) is 12.1 Å². The fraction of sp³-hybridized carbons (Fsp3) is 0.100. The topological polar surface area (TPSA) is 54.0 Å². The number of carbonyl (C=O) groups excluding carboxylic acids is 1. The fourth-order valence-corrected chi connectivity index (χ4v) is 2.34. The van der Waals surface area contributed by atoms with Gasteiger partial charge in [0.15, 0.2) is 0 Å². The predicted molar refractivity (Wildman–Crippen MR) is 97.8 cm³/mol. The first-order valence-electron chi connectivity index (χ1n) is 7.88. The van der Waals surface area contributed by atoms with Crippen LogP contribution in [0.4, 0.5) is 21.6 Å². The summed E-state index contributed by atoms with van der Waals surface area (Å²) in [5, 5.41) is 5.82. The Morgan fingerprint density at radius 2 is 1.80 bits per heavy atom. The second kappa shape index (κ2) is 7.13. The van der Waals surface area contributed by atoms with Crippen LogP contribution in [0.25, 0.3) is 0 Å². The number of carbonyl (C=O) groups is 1. The Labute approximate surface area is 145 Å². The van der Waals surface area contributed by atoms with Crippen molar-refractivity contribution in [3.63, 3.8) is 0 Å².